The summed E-state index contributed by atoms with van der Waals surface area (Å²) in [4.78, 5) is 8.75. The Balaban J connectivity index is 2.16. The number of pyridine rings is 1. The lowest BCUT2D eigenvalue weighted by molar-refractivity contribution is 0.574. The second-order valence-electron chi connectivity index (χ2n) is 4.33. The fourth-order valence-corrected chi connectivity index (χ4v) is 2.90. The average molecular weight is 382 g/mol. The van der Waals surface area contributed by atoms with E-state index < -0.39 is 10.0 Å². The van der Waals surface area contributed by atoms with Crippen molar-refractivity contribution in [2.24, 2.45) is 0 Å². The summed E-state index contributed by atoms with van der Waals surface area (Å²) in [5.41, 5.74) is 1.52. The Bertz CT molecular complexity index is 717. The van der Waals surface area contributed by atoms with Crippen molar-refractivity contribution in [3.05, 3.63) is 22.6 Å². The fourth-order valence-electron chi connectivity index (χ4n) is 1.86. The van der Waals surface area contributed by atoms with Gasteiger partial charge in [0.05, 0.1) is 12.1 Å². The number of sulfonamides is 1. The van der Waals surface area contributed by atoms with Crippen LogP contribution in [0, 0.1) is 0 Å². The third kappa shape index (κ3) is 3.91. The van der Waals surface area contributed by atoms with Crippen molar-refractivity contribution in [1.82, 2.24) is 19.3 Å². The van der Waals surface area contributed by atoms with E-state index >= 15 is 0 Å². The summed E-state index contributed by atoms with van der Waals surface area (Å²) in [7, 11) is -3.15. The number of alkyl halides is 1. The standard InChI is InChI=1S/C11H14BrClN4O2S/c1-20(18,19)15-3-2-4-17-10(6-13)16-9-5-8(12)7-14-11(9)17/h5,7,15H,2-4,6H2,1H3. The number of halogens is 2. The summed E-state index contributed by atoms with van der Waals surface area (Å²) in [6.45, 7) is 0.979. The van der Waals surface area contributed by atoms with Gasteiger partial charge in [-0.05, 0) is 28.4 Å². The minimum atomic E-state index is -3.15. The molecule has 0 saturated heterocycles. The van der Waals surface area contributed by atoms with E-state index in [9.17, 15) is 8.42 Å². The van der Waals surface area contributed by atoms with Crippen molar-refractivity contribution < 1.29 is 8.42 Å². The van der Waals surface area contributed by atoms with E-state index in [1.165, 1.54) is 0 Å². The van der Waals surface area contributed by atoms with E-state index in [1.807, 2.05) is 10.6 Å². The van der Waals surface area contributed by atoms with Crippen molar-refractivity contribution in [3.63, 3.8) is 0 Å². The summed E-state index contributed by atoms with van der Waals surface area (Å²) >= 11 is 9.25. The molecule has 0 unspecified atom stereocenters. The Labute approximate surface area is 130 Å². The number of imidazole rings is 1. The molecule has 0 aliphatic rings. The van der Waals surface area contributed by atoms with E-state index in [4.69, 9.17) is 11.6 Å². The summed E-state index contributed by atoms with van der Waals surface area (Å²) < 4.78 is 27.2. The van der Waals surface area contributed by atoms with Gasteiger partial charge in [-0.1, -0.05) is 0 Å². The number of hydrogen-bond donors (Lipinski definition) is 1. The van der Waals surface area contributed by atoms with Crippen LogP contribution in [0.1, 0.15) is 12.2 Å². The van der Waals surface area contributed by atoms with Crippen LogP contribution >= 0.6 is 27.5 Å². The van der Waals surface area contributed by atoms with E-state index in [-0.39, 0.29) is 5.88 Å². The molecule has 110 valence electrons. The molecule has 0 amide bonds. The molecule has 20 heavy (non-hydrogen) atoms. The normalized spacial score (nSPS) is 12.2. The molecule has 9 heteroatoms. The molecule has 0 radical (unpaired) electrons. The molecule has 0 bridgehead atoms. The van der Waals surface area contributed by atoms with Crippen molar-refractivity contribution >= 4 is 48.7 Å². The topological polar surface area (TPSA) is 76.9 Å². The molecule has 6 nitrogen and oxygen atoms in total. The maximum atomic E-state index is 11.0. The maximum absolute atomic E-state index is 11.0. The van der Waals surface area contributed by atoms with Crippen LogP contribution in [0.3, 0.4) is 0 Å². The number of hydrogen-bond acceptors (Lipinski definition) is 4. The van der Waals surface area contributed by atoms with E-state index in [2.05, 4.69) is 30.6 Å². The van der Waals surface area contributed by atoms with Gasteiger partial charge in [-0.15, -0.1) is 11.6 Å². The molecule has 0 aliphatic heterocycles. The first kappa shape index (κ1) is 15.7. The molecule has 0 fully saturated rings. The molecule has 0 saturated carbocycles. The van der Waals surface area contributed by atoms with Crippen LogP contribution in [0.4, 0.5) is 0 Å². The first-order chi connectivity index (χ1) is 9.40. The maximum Gasteiger partial charge on any atom is 0.208 e. The predicted molar refractivity (Wildman–Crippen MR) is 82.2 cm³/mol. The van der Waals surface area contributed by atoms with Crippen molar-refractivity contribution in [1.29, 1.82) is 0 Å². The number of nitrogens with one attached hydrogen (secondary N) is 1. The van der Waals surface area contributed by atoms with Gasteiger partial charge in [-0.25, -0.2) is 23.1 Å². The Morgan fingerprint density at radius 3 is 2.90 bits per heavy atom. The number of rotatable bonds is 6. The highest BCUT2D eigenvalue weighted by Gasteiger charge is 2.11. The Morgan fingerprint density at radius 2 is 2.25 bits per heavy atom. The summed E-state index contributed by atoms with van der Waals surface area (Å²) in [5, 5.41) is 0. The summed E-state index contributed by atoms with van der Waals surface area (Å²) in [6, 6.07) is 1.88. The number of nitrogens with zero attached hydrogens (tertiary/aromatic N) is 3. The van der Waals surface area contributed by atoms with Crippen molar-refractivity contribution in [2.75, 3.05) is 12.8 Å². The highest BCUT2D eigenvalue weighted by atomic mass is 79.9. The zero-order valence-electron chi connectivity index (χ0n) is 10.8. The van der Waals surface area contributed by atoms with E-state index in [0.29, 0.717) is 19.5 Å². The third-order valence-corrected chi connectivity index (χ3v) is 4.07. The van der Waals surface area contributed by atoms with Gasteiger partial charge in [0.2, 0.25) is 10.0 Å². The molecular weight excluding hydrogens is 368 g/mol. The van der Waals surface area contributed by atoms with Gasteiger partial charge in [0.1, 0.15) is 11.3 Å². The SMILES string of the molecule is CS(=O)(=O)NCCCn1c(CCl)nc2cc(Br)cnc21. The van der Waals surface area contributed by atoms with Crippen molar-refractivity contribution in [3.8, 4) is 0 Å². The van der Waals surface area contributed by atoms with Crippen LogP contribution in [0.5, 0.6) is 0 Å². The fraction of sp³-hybridized carbons (Fsp3) is 0.455. The molecule has 1 N–H and O–H groups in total. The average Bonchev–Trinajstić information content (AvgIpc) is 2.70. The van der Waals surface area contributed by atoms with Crippen LogP contribution in [0.2, 0.25) is 0 Å². The Kier molecular flexibility index (Phi) is 5.00. The lowest BCUT2D eigenvalue weighted by atomic mass is 10.4. The highest BCUT2D eigenvalue weighted by Crippen LogP contribution is 2.19. The van der Waals surface area contributed by atoms with Gasteiger partial charge in [0, 0.05) is 23.8 Å². The first-order valence-corrected chi connectivity index (χ1v) is 9.14. The van der Waals surface area contributed by atoms with Crippen LogP contribution < -0.4 is 4.72 Å². The second kappa shape index (κ2) is 6.38. The largest absolute Gasteiger partial charge is 0.312 e. The zero-order valence-corrected chi connectivity index (χ0v) is 14.0. The second-order valence-corrected chi connectivity index (χ2v) is 7.35. The van der Waals surface area contributed by atoms with Gasteiger partial charge < -0.3 is 4.57 Å². The quantitative estimate of drug-likeness (QED) is 0.612. The molecule has 0 aliphatic carbocycles. The van der Waals surface area contributed by atoms with Gasteiger partial charge in [-0.3, -0.25) is 0 Å². The molecule has 2 heterocycles. The van der Waals surface area contributed by atoms with Crippen LogP contribution in [0.25, 0.3) is 11.2 Å². The van der Waals surface area contributed by atoms with Gasteiger partial charge in [0.25, 0.3) is 0 Å². The van der Waals surface area contributed by atoms with E-state index in [1.54, 1.807) is 6.20 Å². The van der Waals surface area contributed by atoms with Gasteiger partial charge >= 0.3 is 0 Å². The van der Waals surface area contributed by atoms with Crippen molar-refractivity contribution in [2.45, 2.75) is 18.8 Å². The summed E-state index contributed by atoms with van der Waals surface area (Å²) in [6.07, 6.45) is 3.48. The minimum Gasteiger partial charge on any atom is -0.312 e. The number of fused-ring (bicyclic) bond motifs is 1. The highest BCUT2D eigenvalue weighted by molar-refractivity contribution is 9.10. The molecule has 2 aromatic heterocycles. The number of aryl methyl sites for hydroxylation is 1. The number of aromatic nitrogens is 3. The lowest BCUT2D eigenvalue weighted by Gasteiger charge is -2.07. The summed E-state index contributed by atoms with van der Waals surface area (Å²) in [5.74, 6) is 1.01. The molecule has 0 aromatic carbocycles. The first-order valence-electron chi connectivity index (χ1n) is 5.92. The lowest BCUT2D eigenvalue weighted by Crippen LogP contribution is -2.24. The molecular formula is C11H14BrClN4O2S. The molecule has 0 atom stereocenters. The Morgan fingerprint density at radius 1 is 1.50 bits per heavy atom. The van der Waals surface area contributed by atoms with Crippen LogP contribution in [-0.2, 0) is 22.4 Å². The van der Waals surface area contributed by atoms with Crippen LogP contribution in [0.15, 0.2) is 16.7 Å². The smallest absolute Gasteiger partial charge is 0.208 e. The molecule has 2 rings (SSSR count). The predicted octanol–water partition coefficient (Wildman–Crippen LogP) is 1.87. The monoisotopic (exact) mass is 380 g/mol. The Hall–Kier alpha value is -0.700. The van der Waals surface area contributed by atoms with Gasteiger partial charge in [-0.2, -0.15) is 0 Å². The van der Waals surface area contributed by atoms with Gasteiger partial charge in [0.15, 0.2) is 5.65 Å². The molecule has 0 spiro atoms. The van der Waals surface area contributed by atoms with E-state index in [0.717, 1.165) is 27.7 Å². The molecule has 2 aromatic rings. The third-order valence-electron chi connectivity index (χ3n) is 2.67. The minimum absolute atomic E-state index is 0.285. The van der Waals surface area contributed by atoms with Crippen LogP contribution in [-0.4, -0.2) is 35.8 Å². The zero-order chi connectivity index (χ0) is 14.8.